The lowest BCUT2D eigenvalue weighted by Gasteiger charge is -2.12. The summed E-state index contributed by atoms with van der Waals surface area (Å²) in [6.45, 7) is 3.83. The standard InChI is InChI=1S/C15H21N5O/c1-3-6-16-14-8-12(11-9-17-20(2)10-11)18-15(19-14)13-5-4-7-21-13/h8-10,13H,3-7H2,1-2H3,(H,16,18,19). The lowest BCUT2D eigenvalue weighted by molar-refractivity contribution is 0.105. The molecular weight excluding hydrogens is 266 g/mol. The van der Waals surface area contributed by atoms with Crippen LogP contribution in [0.5, 0.6) is 0 Å². The normalized spacial score (nSPS) is 18.1. The van der Waals surface area contributed by atoms with Crippen molar-refractivity contribution < 1.29 is 4.74 Å². The first-order valence-electron chi connectivity index (χ1n) is 7.49. The summed E-state index contributed by atoms with van der Waals surface area (Å²) in [7, 11) is 1.90. The summed E-state index contributed by atoms with van der Waals surface area (Å²) in [6, 6.07) is 1.98. The van der Waals surface area contributed by atoms with Gasteiger partial charge in [0.1, 0.15) is 11.9 Å². The van der Waals surface area contributed by atoms with Gasteiger partial charge in [-0.05, 0) is 19.3 Å². The first kappa shape index (κ1) is 14.0. The van der Waals surface area contributed by atoms with Gasteiger partial charge in [-0.15, -0.1) is 0 Å². The Kier molecular flexibility index (Phi) is 4.15. The lowest BCUT2D eigenvalue weighted by atomic mass is 10.2. The molecular formula is C15H21N5O. The van der Waals surface area contributed by atoms with Crippen LogP contribution in [0.1, 0.15) is 38.1 Å². The Balaban J connectivity index is 1.95. The second-order valence-electron chi connectivity index (χ2n) is 5.33. The van der Waals surface area contributed by atoms with E-state index in [2.05, 4.69) is 27.3 Å². The molecule has 1 unspecified atom stereocenters. The van der Waals surface area contributed by atoms with E-state index in [4.69, 9.17) is 4.74 Å². The minimum absolute atomic E-state index is 0.0174. The Bertz CT molecular complexity index is 604. The van der Waals surface area contributed by atoms with E-state index in [0.717, 1.165) is 55.3 Å². The van der Waals surface area contributed by atoms with Crippen LogP contribution in [0.4, 0.5) is 5.82 Å². The van der Waals surface area contributed by atoms with Crippen LogP contribution in [0, 0.1) is 0 Å². The molecule has 2 aromatic heterocycles. The molecule has 1 fully saturated rings. The van der Waals surface area contributed by atoms with Gasteiger partial charge in [-0.25, -0.2) is 9.97 Å². The third kappa shape index (κ3) is 3.21. The summed E-state index contributed by atoms with van der Waals surface area (Å²) in [4.78, 5) is 9.29. The third-order valence-corrected chi connectivity index (χ3v) is 3.52. The number of hydrogen-bond donors (Lipinski definition) is 1. The molecule has 2 aromatic rings. The number of nitrogens with zero attached hydrogens (tertiary/aromatic N) is 4. The van der Waals surface area contributed by atoms with Crippen LogP contribution in [-0.4, -0.2) is 32.9 Å². The highest BCUT2D eigenvalue weighted by Gasteiger charge is 2.22. The first-order valence-corrected chi connectivity index (χ1v) is 7.49. The van der Waals surface area contributed by atoms with Gasteiger partial charge >= 0.3 is 0 Å². The third-order valence-electron chi connectivity index (χ3n) is 3.52. The summed E-state index contributed by atoms with van der Waals surface area (Å²) in [5.74, 6) is 1.63. The highest BCUT2D eigenvalue weighted by Crippen LogP contribution is 2.29. The van der Waals surface area contributed by atoms with Crippen molar-refractivity contribution >= 4 is 5.82 Å². The maximum atomic E-state index is 5.72. The Morgan fingerprint density at radius 1 is 1.43 bits per heavy atom. The van der Waals surface area contributed by atoms with Crippen LogP contribution >= 0.6 is 0 Å². The van der Waals surface area contributed by atoms with E-state index in [9.17, 15) is 0 Å². The largest absolute Gasteiger partial charge is 0.370 e. The molecule has 0 bridgehead atoms. The number of nitrogens with one attached hydrogen (secondary N) is 1. The molecule has 21 heavy (non-hydrogen) atoms. The van der Waals surface area contributed by atoms with Crippen molar-refractivity contribution in [1.82, 2.24) is 19.7 Å². The highest BCUT2D eigenvalue weighted by molar-refractivity contribution is 5.61. The number of aromatic nitrogens is 4. The maximum absolute atomic E-state index is 5.72. The van der Waals surface area contributed by atoms with Crippen molar-refractivity contribution in [3.63, 3.8) is 0 Å². The second kappa shape index (κ2) is 6.22. The predicted molar refractivity (Wildman–Crippen MR) is 80.9 cm³/mol. The summed E-state index contributed by atoms with van der Waals surface area (Å²) >= 11 is 0. The Morgan fingerprint density at radius 2 is 2.33 bits per heavy atom. The van der Waals surface area contributed by atoms with E-state index in [1.165, 1.54) is 0 Å². The zero-order valence-corrected chi connectivity index (χ0v) is 12.5. The molecule has 6 nitrogen and oxygen atoms in total. The average molecular weight is 287 g/mol. The molecule has 6 heteroatoms. The maximum Gasteiger partial charge on any atom is 0.160 e. The number of ether oxygens (including phenoxy) is 1. The van der Waals surface area contributed by atoms with Crippen LogP contribution < -0.4 is 5.32 Å². The van der Waals surface area contributed by atoms with Crippen molar-refractivity contribution in [2.75, 3.05) is 18.5 Å². The van der Waals surface area contributed by atoms with Crippen LogP contribution in [0.25, 0.3) is 11.3 Å². The van der Waals surface area contributed by atoms with Crippen LogP contribution in [-0.2, 0) is 11.8 Å². The van der Waals surface area contributed by atoms with Gasteiger partial charge in [0, 0.05) is 38.0 Å². The fourth-order valence-electron chi connectivity index (χ4n) is 2.44. The summed E-state index contributed by atoms with van der Waals surface area (Å²) in [5, 5.41) is 7.56. The van der Waals surface area contributed by atoms with Crippen LogP contribution in [0.15, 0.2) is 18.5 Å². The van der Waals surface area contributed by atoms with Crippen LogP contribution in [0.2, 0.25) is 0 Å². The van der Waals surface area contributed by atoms with Crippen molar-refractivity contribution in [2.45, 2.75) is 32.3 Å². The van der Waals surface area contributed by atoms with E-state index >= 15 is 0 Å². The molecule has 0 spiro atoms. The number of anilines is 1. The Hall–Kier alpha value is -1.95. The van der Waals surface area contributed by atoms with E-state index in [1.807, 2.05) is 25.5 Å². The molecule has 0 radical (unpaired) electrons. The van der Waals surface area contributed by atoms with Gasteiger partial charge in [0.15, 0.2) is 5.82 Å². The van der Waals surface area contributed by atoms with Gasteiger partial charge < -0.3 is 10.1 Å². The summed E-state index contributed by atoms with van der Waals surface area (Å²) in [6.07, 6.45) is 6.92. The number of hydrogen-bond acceptors (Lipinski definition) is 5. The fraction of sp³-hybridized carbons (Fsp3) is 0.533. The quantitative estimate of drug-likeness (QED) is 0.915. The van der Waals surface area contributed by atoms with Gasteiger partial charge in [-0.2, -0.15) is 5.10 Å². The van der Waals surface area contributed by atoms with E-state index in [-0.39, 0.29) is 6.10 Å². The molecule has 1 N–H and O–H groups in total. The van der Waals surface area contributed by atoms with Gasteiger partial charge in [-0.1, -0.05) is 6.92 Å². The van der Waals surface area contributed by atoms with Crippen molar-refractivity contribution in [3.8, 4) is 11.3 Å². The van der Waals surface area contributed by atoms with Crippen molar-refractivity contribution in [2.24, 2.45) is 7.05 Å². The zero-order valence-electron chi connectivity index (χ0n) is 12.5. The predicted octanol–water partition coefficient (Wildman–Crippen LogP) is 2.55. The van der Waals surface area contributed by atoms with Gasteiger partial charge in [-0.3, -0.25) is 4.68 Å². The molecule has 3 heterocycles. The highest BCUT2D eigenvalue weighted by atomic mass is 16.5. The Labute approximate surface area is 124 Å². The smallest absolute Gasteiger partial charge is 0.160 e. The van der Waals surface area contributed by atoms with E-state index in [1.54, 1.807) is 4.68 Å². The molecule has 1 aliphatic heterocycles. The first-order chi connectivity index (χ1) is 10.3. The van der Waals surface area contributed by atoms with E-state index < -0.39 is 0 Å². The van der Waals surface area contributed by atoms with Gasteiger partial charge in [0.2, 0.25) is 0 Å². The number of rotatable bonds is 5. The minimum Gasteiger partial charge on any atom is -0.370 e. The van der Waals surface area contributed by atoms with Crippen molar-refractivity contribution in [3.05, 3.63) is 24.3 Å². The molecule has 0 amide bonds. The molecule has 0 aromatic carbocycles. The Morgan fingerprint density at radius 3 is 3.00 bits per heavy atom. The molecule has 0 aliphatic carbocycles. The topological polar surface area (TPSA) is 64.9 Å². The molecule has 1 atom stereocenters. The second-order valence-corrected chi connectivity index (χ2v) is 5.33. The van der Waals surface area contributed by atoms with E-state index in [0.29, 0.717) is 0 Å². The zero-order chi connectivity index (χ0) is 14.7. The molecule has 0 saturated carbocycles. The monoisotopic (exact) mass is 287 g/mol. The number of aryl methyl sites for hydroxylation is 1. The summed E-state index contributed by atoms with van der Waals surface area (Å²) in [5.41, 5.74) is 1.89. The van der Waals surface area contributed by atoms with Gasteiger partial charge in [0.05, 0.1) is 11.9 Å². The lowest BCUT2D eigenvalue weighted by Crippen LogP contribution is -2.09. The average Bonchev–Trinajstić information content (AvgIpc) is 3.16. The molecule has 1 aliphatic rings. The molecule has 3 rings (SSSR count). The molecule has 112 valence electrons. The van der Waals surface area contributed by atoms with Crippen LogP contribution in [0.3, 0.4) is 0 Å². The molecule has 1 saturated heterocycles. The van der Waals surface area contributed by atoms with Gasteiger partial charge in [0.25, 0.3) is 0 Å². The SMILES string of the molecule is CCCNc1cc(-c2cnn(C)c2)nc(C2CCCO2)n1. The summed E-state index contributed by atoms with van der Waals surface area (Å²) < 4.78 is 7.50. The minimum atomic E-state index is 0.0174. The van der Waals surface area contributed by atoms with Crippen molar-refractivity contribution in [1.29, 1.82) is 0 Å². The fourth-order valence-corrected chi connectivity index (χ4v) is 2.44.